The second-order valence-corrected chi connectivity index (χ2v) is 9.51. The number of halogens is 1. The highest BCUT2D eigenvalue weighted by molar-refractivity contribution is 6.31. The van der Waals surface area contributed by atoms with Crippen molar-refractivity contribution in [2.45, 2.75) is 19.0 Å². The molecule has 0 aliphatic carbocycles. The van der Waals surface area contributed by atoms with Gasteiger partial charge in [0, 0.05) is 18.0 Å². The van der Waals surface area contributed by atoms with Crippen molar-refractivity contribution in [2.75, 3.05) is 20.7 Å². The van der Waals surface area contributed by atoms with E-state index in [9.17, 15) is 4.79 Å². The Bertz CT molecular complexity index is 1420. The second-order valence-electron chi connectivity index (χ2n) is 9.10. The van der Waals surface area contributed by atoms with Crippen LogP contribution in [0, 0.1) is 0 Å². The molecule has 182 valence electrons. The van der Waals surface area contributed by atoms with Gasteiger partial charge in [0.05, 0.1) is 25.4 Å². The number of benzene rings is 4. The Hall–Kier alpha value is -3.67. The number of hydrogen-bond donors (Lipinski definition) is 0. The Balaban J connectivity index is 1.42. The summed E-state index contributed by atoms with van der Waals surface area (Å²) in [5.41, 5.74) is 3.95. The van der Waals surface area contributed by atoms with E-state index < -0.39 is 0 Å². The summed E-state index contributed by atoms with van der Waals surface area (Å²) in [4.78, 5) is 15.5. The van der Waals surface area contributed by atoms with E-state index in [2.05, 4.69) is 30.3 Å². The van der Waals surface area contributed by atoms with E-state index in [-0.39, 0.29) is 18.5 Å². The van der Waals surface area contributed by atoms with E-state index in [1.807, 2.05) is 72.6 Å². The molecular formula is C30H28ClN3O2. The minimum atomic E-state index is -0.182. The van der Waals surface area contributed by atoms with Crippen LogP contribution in [0.15, 0.2) is 96.1 Å². The summed E-state index contributed by atoms with van der Waals surface area (Å²) < 4.78 is 5.33. The predicted molar refractivity (Wildman–Crippen MR) is 145 cm³/mol. The highest BCUT2D eigenvalue weighted by Crippen LogP contribution is 2.34. The van der Waals surface area contributed by atoms with E-state index in [0.29, 0.717) is 18.0 Å². The highest BCUT2D eigenvalue weighted by atomic mass is 35.5. The van der Waals surface area contributed by atoms with Crippen molar-refractivity contribution in [1.82, 2.24) is 9.91 Å². The molecule has 1 amide bonds. The number of nitrogens with zero attached hydrogens (tertiary/aromatic N) is 3. The van der Waals surface area contributed by atoms with Gasteiger partial charge in [-0.2, -0.15) is 5.10 Å². The zero-order valence-corrected chi connectivity index (χ0v) is 21.2. The smallest absolute Gasteiger partial charge is 0.257 e. The fourth-order valence-electron chi connectivity index (χ4n) is 4.65. The molecule has 1 aliphatic rings. The molecule has 5 nitrogen and oxygen atoms in total. The molecule has 0 saturated heterocycles. The number of fused-ring (bicyclic) bond motifs is 1. The first kappa shape index (κ1) is 24.0. The van der Waals surface area contributed by atoms with Crippen molar-refractivity contribution < 1.29 is 9.53 Å². The lowest BCUT2D eigenvalue weighted by molar-refractivity contribution is -0.134. The third-order valence-corrected chi connectivity index (χ3v) is 6.92. The molecule has 4 aromatic carbocycles. The Morgan fingerprint density at radius 3 is 2.47 bits per heavy atom. The minimum Gasteiger partial charge on any atom is -0.497 e. The van der Waals surface area contributed by atoms with Gasteiger partial charge in [-0.3, -0.25) is 9.69 Å². The number of likely N-dealkylation sites (N-methyl/N-ethyl adjacent to an activating group) is 1. The maximum absolute atomic E-state index is 13.5. The summed E-state index contributed by atoms with van der Waals surface area (Å²) in [6, 6.07) is 30.0. The third kappa shape index (κ3) is 5.13. The monoisotopic (exact) mass is 497 g/mol. The molecule has 0 N–H and O–H groups in total. The first-order valence-corrected chi connectivity index (χ1v) is 12.3. The van der Waals surface area contributed by atoms with Crippen molar-refractivity contribution in [1.29, 1.82) is 0 Å². The molecule has 0 aromatic heterocycles. The molecule has 36 heavy (non-hydrogen) atoms. The van der Waals surface area contributed by atoms with Crippen molar-refractivity contribution in [3.8, 4) is 5.75 Å². The van der Waals surface area contributed by atoms with Crippen LogP contribution in [0.1, 0.15) is 29.2 Å². The van der Waals surface area contributed by atoms with Gasteiger partial charge >= 0.3 is 0 Å². The molecule has 0 radical (unpaired) electrons. The van der Waals surface area contributed by atoms with Crippen LogP contribution in [0.5, 0.6) is 5.75 Å². The summed E-state index contributed by atoms with van der Waals surface area (Å²) in [5.74, 6) is 0.728. The molecule has 1 aliphatic heterocycles. The zero-order valence-electron chi connectivity index (χ0n) is 20.4. The molecule has 1 unspecified atom stereocenters. The summed E-state index contributed by atoms with van der Waals surface area (Å²) in [5, 5.41) is 9.54. The predicted octanol–water partition coefficient (Wildman–Crippen LogP) is 6.31. The van der Waals surface area contributed by atoms with Gasteiger partial charge in [-0.15, -0.1) is 0 Å². The van der Waals surface area contributed by atoms with Gasteiger partial charge in [-0.1, -0.05) is 78.3 Å². The summed E-state index contributed by atoms with van der Waals surface area (Å²) in [6.45, 7) is 0.806. The van der Waals surface area contributed by atoms with Crippen molar-refractivity contribution in [3.63, 3.8) is 0 Å². The number of methoxy groups -OCH3 is 1. The van der Waals surface area contributed by atoms with Gasteiger partial charge in [0.15, 0.2) is 0 Å². The average molecular weight is 498 g/mol. The molecule has 4 aromatic rings. The fraction of sp³-hybridized carbons (Fsp3) is 0.200. The van der Waals surface area contributed by atoms with Crippen molar-refractivity contribution >= 4 is 34.0 Å². The molecule has 1 heterocycles. The maximum atomic E-state index is 13.5. The molecule has 0 fully saturated rings. The van der Waals surface area contributed by atoms with E-state index in [1.54, 1.807) is 12.1 Å². The van der Waals surface area contributed by atoms with Gasteiger partial charge < -0.3 is 4.74 Å². The quantitative estimate of drug-likeness (QED) is 0.300. The highest BCUT2D eigenvalue weighted by Gasteiger charge is 2.33. The van der Waals surface area contributed by atoms with E-state index in [1.165, 1.54) is 5.39 Å². The first-order valence-electron chi connectivity index (χ1n) is 12.0. The average Bonchev–Trinajstić information content (AvgIpc) is 3.35. The number of rotatable bonds is 7. The standard InChI is InChI=1S/C30H28ClN3O2/c1-33(19-25-9-5-6-10-27(25)31)20-30(35)34-29(22-13-15-26(36-2)16-14-22)18-28(32-34)24-12-11-21-7-3-4-8-23(21)17-24/h3-17,29H,18-20H2,1-2H3. The van der Waals surface area contributed by atoms with Crippen molar-refractivity contribution in [3.05, 3.63) is 113 Å². The maximum Gasteiger partial charge on any atom is 0.257 e. The normalized spacial score (nSPS) is 15.4. The zero-order chi connectivity index (χ0) is 25.1. The third-order valence-electron chi connectivity index (χ3n) is 6.55. The number of carbonyl (C=O) groups is 1. The van der Waals surface area contributed by atoms with Crippen LogP contribution in [-0.4, -0.2) is 42.2 Å². The van der Waals surface area contributed by atoms with Gasteiger partial charge in [0.1, 0.15) is 5.75 Å². The van der Waals surface area contributed by atoms with Crippen LogP contribution >= 0.6 is 11.6 Å². The first-order chi connectivity index (χ1) is 17.5. The number of amides is 1. The van der Waals surface area contributed by atoms with Gasteiger partial charge in [0.2, 0.25) is 0 Å². The summed E-state index contributed by atoms with van der Waals surface area (Å²) >= 11 is 6.33. The van der Waals surface area contributed by atoms with Gasteiger partial charge in [0.25, 0.3) is 5.91 Å². The fourth-order valence-corrected chi connectivity index (χ4v) is 4.84. The number of hydrazone groups is 1. The van der Waals surface area contributed by atoms with Crippen LogP contribution in [0.4, 0.5) is 0 Å². The Morgan fingerprint density at radius 2 is 1.72 bits per heavy atom. The number of ether oxygens (including phenoxy) is 1. The Labute approximate surface area is 216 Å². The lowest BCUT2D eigenvalue weighted by Gasteiger charge is -2.25. The van der Waals surface area contributed by atoms with Crippen LogP contribution in [-0.2, 0) is 11.3 Å². The van der Waals surface area contributed by atoms with Crippen LogP contribution in [0.3, 0.4) is 0 Å². The van der Waals surface area contributed by atoms with Crippen LogP contribution in [0.25, 0.3) is 10.8 Å². The Morgan fingerprint density at radius 1 is 1.00 bits per heavy atom. The minimum absolute atomic E-state index is 0.0545. The van der Waals surface area contributed by atoms with E-state index >= 15 is 0 Å². The molecule has 6 heteroatoms. The van der Waals surface area contributed by atoms with Gasteiger partial charge in [-0.05, 0) is 58.8 Å². The number of carbonyl (C=O) groups excluding carboxylic acids is 1. The molecule has 5 rings (SSSR count). The molecule has 1 atom stereocenters. The SMILES string of the molecule is COc1ccc(C2CC(c3ccc4ccccc4c3)=NN2C(=O)CN(C)Cc2ccccc2Cl)cc1. The van der Waals surface area contributed by atoms with Crippen molar-refractivity contribution in [2.24, 2.45) is 5.10 Å². The van der Waals surface area contributed by atoms with Crippen LogP contribution in [0.2, 0.25) is 5.02 Å². The largest absolute Gasteiger partial charge is 0.497 e. The summed E-state index contributed by atoms with van der Waals surface area (Å²) in [7, 11) is 3.57. The molecular weight excluding hydrogens is 470 g/mol. The van der Waals surface area contributed by atoms with E-state index in [0.717, 1.165) is 33.5 Å². The lowest BCUT2D eigenvalue weighted by atomic mass is 9.97. The van der Waals surface area contributed by atoms with Crippen LogP contribution < -0.4 is 4.74 Å². The lowest BCUT2D eigenvalue weighted by Crippen LogP contribution is -2.36. The second kappa shape index (κ2) is 10.5. The topological polar surface area (TPSA) is 45.1 Å². The molecule has 0 saturated carbocycles. The van der Waals surface area contributed by atoms with E-state index in [4.69, 9.17) is 21.4 Å². The molecule has 0 spiro atoms. The Kier molecular flexibility index (Phi) is 7.03. The molecule has 0 bridgehead atoms. The summed E-state index contributed by atoms with van der Waals surface area (Å²) in [6.07, 6.45) is 0.643. The van der Waals surface area contributed by atoms with Gasteiger partial charge in [-0.25, -0.2) is 5.01 Å². The number of hydrogen-bond acceptors (Lipinski definition) is 4.